The van der Waals surface area contributed by atoms with Crippen LogP contribution in [0, 0.1) is 6.92 Å². The van der Waals surface area contributed by atoms with E-state index >= 15 is 0 Å². The number of aryl methyl sites for hydroxylation is 1. The topological polar surface area (TPSA) is 30.5 Å². The molecule has 0 saturated carbocycles. The van der Waals surface area contributed by atoms with Gasteiger partial charge < -0.3 is 14.8 Å². The Labute approximate surface area is 122 Å². The average molecular weight is 277 g/mol. The zero-order valence-corrected chi connectivity index (χ0v) is 12.7. The Morgan fingerprint density at radius 3 is 2.60 bits per heavy atom. The van der Waals surface area contributed by atoms with E-state index in [0.29, 0.717) is 12.1 Å². The van der Waals surface area contributed by atoms with Gasteiger partial charge in [-0.3, -0.25) is 0 Å². The highest BCUT2D eigenvalue weighted by molar-refractivity contribution is 5.24. The van der Waals surface area contributed by atoms with Crippen LogP contribution >= 0.6 is 0 Å². The van der Waals surface area contributed by atoms with Gasteiger partial charge in [-0.15, -0.1) is 0 Å². The third-order valence-corrected chi connectivity index (χ3v) is 3.79. The maximum atomic E-state index is 6.08. The number of ether oxygens (including phenoxy) is 2. The second-order valence-electron chi connectivity index (χ2n) is 5.56. The molecule has 3 nitrogen and oxygen atoms in total. The van der Waals surface area contributed by atoms with Gasteiger partial charge >= 0.3 is 0 Å². The van der Waals surface area contributed by atoms with Crippen LogP contribution in [0.1, 0.15) is 43.4 Å². The van der Waals surface area contributed by atoms with Crippen LogP contribution in [0.25, 0.3) is 0 Å². The van der Waals surface area contributed by atoms with Crippen LogP contribution in [-0.2, 0) is 9.47 Å². The zero-order chi connectivity index (χ0) is 14.2. The van der Waals surface area contributed by atoms with E-state index in [0.717, 1.165) is 45.6 Å². The van der Waals surface area contributed by atoms with Gasteiger partial charge in [0, 0.05) is 13.2 Å². The number of hydrogen-bond donors (Lipinski definition) is 1. The fraction of sp³-hybridized carbons (Fsp3) is 0.647. The molecule has 1 N–H and O–H groups in total. The number of rotatable bonds is 7. The van der Waals surface area contributed by atoms with Gasteiger partial charge in [0.1, 0.15) is 0 Å². The SMILES string of the molecule is CCCNC(COC1CCOCC1)c1ccc(C)cc1. The van der Waals surface area contributed by atoms with Crippen LogP contribution < -0.4 is 5.32 Å². The van der Waals surface area contributed by atoms with E-state index in [4.69, 9.17) is 9.47 Å². The molecule has 0 aliphatic carbocycles. The summed E-state index contributed by atoms with van der Waals surface area (Å²) in [6.45, 7) is 7.75. The molecular weight excluding hydrogens is 250 g/mol. The van der Waals surface area contributed by atoms with Crippen molar-refractivity contribution in [1.82, 2.24) is 5.32 Å². The van der Waals surface area contributed by atoms with Crippen LogP contribution in [0.15, 0.2) is 24.3 Å². The Morgan fingerprint density at radius 2 is 1.95 bits per heavy atom. The summed E-state index contributed by atoms with van der Waals surface area (Å²) in [6, 6.07) is 9.04. The zero-order valence-electron chi connectivity index (χ0n) is 12.7. The quantitative estimate of drug-likeness (QED) is 0.830. The summed E-state index contributed by atoms with van der Waals surface area (Å²) in [5.41, 5.74) is 2.62. The smallest absolute Gasteiger partial charge is 0.0665 e. The molecule has 1 aliphatic heterocycles. The Balaban J connectivity index is 1.90. The fourth-order valence-corrected chi connectivity index (χ4v) is 2.47. The minimum atomic E-state index is 0.290. The van der Waals surface area contributed by atoms with E-state index in [1.165, 1.54) is 11.1 Å². The summed E-state index contributed by atoms with van der Waals surface area (Å²) < 4.78 is 11.5. The van der Waals surface area contributed by atoms with Crippen LogP contribution in [0.2, 0.25) is 0 Å². The number of hydrogen-bond acceptors (Lipinski definition) is 3. The minimum Gasteiger partial charge on any atom is -0.381 e. The summed E-state index contributed by atoms with van der Waals surface area (Å²) in [5.74, 6) is 0. The molecule has 3 heteroatoms. The van der Waals surface area contributed by atoms with Crippen molar-refractivity contribution in [3.8, 4) is 0 Å². The van der Waals surface area contributed by atoms with Gasteiger partial charge in [0.05, 0.1) is 18.8 Å². The molecule has 112 valence electrons. The second-order valence-corrected chi connectivity index (χ2v) is 5.56. The molecule has 0 radical (unpaired) electrons. The molecule has 0 spiro atoms. The largest absolute Gasteiger partial charge is 0.381 e. The van der Waals surface area contributed by atoms with Crippen molar-refractivity contribution in [2.45, 2.75) is 45.3 Å². The molecule has 1 aromatic carbocycles. The van der Waals surface area contributed by atoms with Gasteiger partial charge in [0.15, 0.2) is 0 Å². The Bertz CT molecular complexity index is 371. The molecular formula is C17H27NO2. The highest BCUT2D eigenvalue weighted by Gasteiger charge is 2.17. The molecule has 1 saturated heterocycles. The summed E-state index contributed by atoms with van der Waals surface area (Å²) in [4.78, 5) is 0. The maximum Gasteiger partial charge on any atom is 0.0665 e. The van der Waals surface area contributed by atoms with Crippen molar-refractivity contribution in [2.24, 2.45) is 0 Å². The first-order valence-electron chi connectivity index (χ1n) is 7.79. The molecule has 1 aromatic rings. The summed E-state index contributed by atoms with van der Waals surface area (Å²) >= 11 is 0. The van der Waals surface area contributed by atoms with Crippen LogP contribution in [0.4, 0.5) is 0 Å². The predicted molar refractivity (Wildman–Crippen MR) is 82.0 cm³/mol. The van der Waals surface area contributed by atoms with Crippen molar-refractivity contribution in [3.63, 3.8) is 0 Å². The molecule has 0 aromatic heterocycles. The lowest BCUT2D eigenvalue weighted by atomic mass is 10.1. The van der Waals surface area contributed by atoms with Crippen LogP contribution in [-0.4, -0.2) is 32.5 Å². The van der Waals surface area contributed by atoms with E-state index < -0.39 is 0 Å². The van der Waals surface area contributed by atoms with Crippen molar-refractivity contribution in [1.29, 1.82) is 0 Å². The molecule has 1 atom stereocenters. The van der Waals surface area contributed by atoms with E-state index in [-0.39, 0.29) is 0 Å². The Morgan fingerprint density at radius 1 is 1.25 bits per heavy atom. The van der Waals surface area contributed by atoms with Gasteiger partial charge in [-0.05, 0) is 38.3 Å². The number of benzene rings is 1. The molecule has 0 bridgehead atoms. The summed E-state index contributed by atoms with van der Waals surface area (Å²) in [6.07, 6.45) is 3.54. The summed E-state index contributed by atoms with van der Waals surface area (Å²) in [7, 11) is 0. The lowest BCUT2D eigenvalue weighted by molar-refractivity contribution is -0.0383. The Kier molecular flexibility index (Phi) is 6.51. The molecule has 20 heavy (non-hydrogen) atoms. The van der Waals surface area contributed by atoms with E-state index in [9.17, 15) is 0 Å². The van der Waals surface area contributed by atoms with Crippen LogP contribution in [0.3, 0.4) is 0 Å². The Hall–Kier alpha value is -0.900. The van der Waals surface area contributed by atoms with Crippen molar-refractivity contribution in [2.75, 3.05) is 26.4 Å². The predicted octanol–water partition coefficient (Wildman–Crippen LogP) is 3.23. The van der Waals surface area contributed by atoms with Crippen molar-refractivity contribution < 1.29 is 9.47 Å². The molecule has 1 heterocycles. The molecule has 1 aliphatic rings. The summed E-state index contributed by atoms with van der Waals surface area (Å²) in [5, 5.41) is 3.59. The second kappa shape index (κ2) is 8.40. The van der Waals surface area contributed by atoms with Gasteiger partial charge in [-0.25, -0.2) is 0 Å². The maximum absolute atomic E-state index is 6.08. The van der Waals surface area contributed by atoms with E-state index in [1.807, 2.05) is 0 Å². The normalized spacial score (nSPS) is 18.1. The van der Waals surface area contributed by atoms with Gasteiger partial charge in [-0.1, -0.05) is 36.8 Å². The lowest BCUT2D eigenvalue weighted by Crippen LogP contribution is -2.30. The fourth-order valence-electron chi connectivity index (χ4n) is 2.47. The first kappa shape index (κ1) is 15.5. The molecule has 1 fully saturated rings. The monoisotopic (exact) mass is 277 g/mol. The number of nitrogens with one attached hydrogen (secondary N) is 1. The first-order chi connectivity index (χ1) is 9.79. The third kappa shape index (κ3) is 4.89. The molecule has 1 unspecified atom stereocenters. The minimum absolute atomic E-state index is 0.290. The molecule has 0 amide bonds. The van der Waals surface area contributed by atoms with Gasteiger partial charge in [-0.2, -0.15) is 0 Å². The van der Waals surface area contributed by atoms with E-state index in [2.05, 4.69) is 43.4 Å². The highest BCUT2D eigenvalue weighted by atomic mass is 16.5. The van der Waals surface area contributed by atoms with Crippen molar-refractivity contribution >= 4 is 0 Å². The first-order valence-corrected chi connectivity index (χ1v) is 7.79. The van der Waals surface area contributed by atoms with Gasteiger partial charge in [0.2, 0.25) is 0 Å². The third-order valence-electron chi connectivity index (χ3n) is 3.79. The highest BCUT2D eigenvalue weighted by Crippen LogP contribution is 2.18. The van der Waals surface area contributed by atoms with E-state index in [1.54, 1.807) is 0 Å². The average Bonchev–Trinajstić information content (AvgIpc) is 2.50. The van der Waals surface area contributed by atoms with Crippen molar-refractivity contribution in [3.05, 3.63) is 35.4 Å². The van der Waals surface area contributed by atoms with Crippen LogP contribution in [0.5, 0.6) is 0 Å². The standard InChI is InChI=1S/C17H27NO2/c1-3-10-18-17(15-6-4-14(2)5-7-15)13-20-16-8-11-19-12-9-16/h4-7,16-18H,3,8-13H2,1-2H3. The lowest BCUT2D eigenvalue weighted by Gasteiger charge is -2.26. The molecule has 2 rings (SSSR count). The van der Waals surface area contributed by atoms with Gasteiger partial charge in [0.25, 0.3) is 0 Å².